The Hall–Kier alpha value is -3.06. The molecule has 0 unspecified atom stereocenters. The average molecular weight is 447 g/mol. The number of nitrogens with one attached hydrogen (secondary N) is 1. The van der Waals surface area contributed by atoms with Gasteiger partial charge >= 0.3 is 0 Å². The van der Waals surface area contributed by atoms with Crippen LogP contribution in [0.4, 0.5) is 5.00 Å². The minimum Gasteiger partial charge on any atom is -0.339 e. The summed E-state index contributed by atoms with van der Waals surface area (Å²) in [6.07, 6.45) is 6.99. The van der Waals surface area contributed by atoms with Crippen LogP contribution in [0.1, 0.15) is 70.3 Å². The largest absolute Gasteiger partial charge is 0.339 e. The smallest absolute Gasteiger partial charge is 0.275 e. The average Bonchev–Trinajstić information content (AvgIpc) is 3.64. The summed E-state index contributed by atoms with van der Waals surface area (Å²) in [5.74, 6) is 0.794. The van der Waals surface area contributed by atoms with Gasteiger partial charge in [0.25, 0.3) is 11.8 Å². The second-order valence-electron chi connectivity index (χ2n) is 8.51. The van der Waals surface area contributed by atoms with E-state index in [2.05, 4.69) is 15.3 Å². The molecule has 1 aliphatic heterocycles. The number of anilines is 1. The van der Waals surface area contributed by atoms with Crippen molar-refractivity contribution in [3.05, 3.63) is 65.2 Å². The number of carbonyl (C=O) groups is 2. The monoisotopic (exact) mass is 446 g/mol. The molecule has 0 radical (unpaired) electrons. The summed E-state index contributed by atoms with van der Waals surface area (Å²) < 4.78 is 0. The minimum atomic E-state index is -0.303. The van der Waals surface area contributed by atoms with Gasteiger partial charge in [-0.05, 0) is 56.2 Å². The first-order valence-electron chi connectivity index (χ1n) is 11.2. The number of aromatic nitrogens is 2. The van der Waals surface area contributed by atoms with Crippen LogP contribution in [0.15, 0.2) is 42.6 Å². The predicted molar refractivity (Wildman–Crippen MR) is 126 cm³/mol. The molecule has 2 fully saturated rings. The van der Waals surface area contributed by atoms with Crippen LogP contribution in [0.25, 0.3) is 10.4 Å². The molecule has 2 aromatic heterocycles. The fourth-order valence-corrected chi connectivity index (χ4v) is 5.38. The van der Waals surface area contributed by atoms with E-state index in [1.807, 2.05) is 42.2 Å². The third-order valence-electron chi connectivity index (χ3n) is 6.12. The van der Waals surface area contributed by atoms with Gasteiger partial charge in [0.05, 0.1) is 5.56 Å². The van der Waals surface area contributed by atoms with Gasteiger partial charge in [-0.1, -0.05) is 30.3 Å². The zero-order valence-electron chi connectivity index (χ0n) is 18.1. The van der Waals surface area contributed by atoms with Gasteiger partial charge in [0, 0.05) is 30.1 Å². The lowest BCUT2D eigenvalue weighted by Gasteiger charge is -2.27. The summed E-state index contributed by atoms with van der Waals surface area (Å²) in [6, 6.07) is 11.6. The predicted octanol–water partition coefficient (Wildman–Crippen LogP) is 5.27. The molecule has 0 bridgehead atoms. The molecule has 1 aromatic carbocycles. The second-order valence-corrected chi connectivity index (χ2v) is 9.53. The fourth-order valence-electron chi connectivity index (χ4n) is 4.18. The number of carbonyl (C=O) groups excluding carboxylic acids is 2. The van der Waals surface area contributed by atoms with Gasteiger partial charge in [-0.2, -0.15) is 0 Å². The molecule has 2 amide bonds. The topological polar surface area (TPSA) is 75.2 Å². The Kier molecular flexibility index (Phi) is 5.74. The molecule has 32 heavy (non-hydrogen) atoms. The molecule has 3 aromatic rings. The molecule has 1 saturated carbocycles. The lowest BCUT2D eigenvalue weighted by molar-refractivity contribution is 0.0725. The Balaban J connectivity index is 1.50. The van der Waals surface area contributed by atoms with Gasteiger partial charge in [0.15, 0.2) is 0 Å². The summed E-state index contributed by atoms with van der Waals surface area (Å²) in [5, 5.41) is 3.60. The Morgan fingerprint density at radius 3 is 2.53 bits per heavy atom. The van der Waals surface area contributed by atoms with Crippen molar-refractivity contribution in [1.29, 1.82) is 0 Å². The highest BCUT2D eigenvalue weighted by molar-refractivity contribution is 7.20. The number of thiophene rings is 1. The van der Waals surface area contributed by atoms with E-state index in [1.165, 1.54) is 11.3 Å². The molecule has 5 rings (SSSR count). The van der Waals surface area contributed by atoms with E-state index in [9.17, 15) is 9.59 Å². The Bertz CT molecular complexity index is 1150. The van der Waals surface area contributed by atoms with E-state index in [0.29, 0.717) is 22.2 Å². The molecule has 0 spiro atoms. The van der Waals surface area contributed by atoms with Crippen LogP contribution in [0.2, 0.25) is 0 Å². The summed E-state index contributed by atoms with van der Waals surface area (Å²) in [4.78, 5) is 38.3. The van der Waals surface area contributed by atoms with Gasteiger partial charge in [0.1, 0.15) is 16.5 Å². The number of rotatable bonds is 5. The molecule has 1 N–H and O–H groups in total. The number of benzene rings is 1. The first-order valence-corrected chi connectivity index (χ1v) is 12.1. The molecular weight excluding hydrogens is 420 g/mol. The van der Waals surface area contributed by atoms with Crippen LogP contribution < -0.4 is 5.32 Å². The Labute approximate surface area is 191 Å². The molecule has 7 heteroatoms. The zero-order valence-corrected chi connectivity index (χ0v) is 19.0. The van der Waals surface area contributed by atoms with Crippen molar-refractivity contribution in [2.24, 2.45) is 0 Å². The maximum atomic E-state index is 13.5. The van der Waals surface area contributed by atoms with Gasteiger partial charge in [-0.15, -0.1) is 11.3 Å². The van der Waals surface area contributed by atoms with Crippen LogP contribution in [-0.2, 0) is 0 Å². The normalized spacial score (nSPS) is 16.1. The van der Waals surface area contributed by atoms with E-state index >= 15 is 0 Å². The molecule has 1 aliphatic carbocycles. The number of amides is 2. The number of nitrogens with zero attached hydrogens (tertiary/aromatic N) is 3. The SMILES string of the molecule is Cc1c(-c2ccccc2)sc(NC(=O)c2ccnc(C3CC3)n2)c1C(=O)N1CCCCC1. The van der Waals surface area contributed by atoms with Crippen molar-refractivity contribution in [3.8, 4) is 10.4 Å². The number of piperidine rings is 1. The molecule has 0 atom stereocenters. The quantitative estimate of drug-likeness (QED) is 0.579. The van der Waals surface area contributed by atoms with E-state index in [1.54, 1.807) is 12.3 Å². The highest BCUT2D eigenvalue weighted by Crippen LogP contribution is 2.41. The third-order valence-corrected chi connectivity index (χ3v) is 7.37. The number of hydrogen-bond donors (Lipinski definition) is 1. The fraction of sp³-hybridized carbons (Fsp3) is 0.360. The molecule has 1 saturated heterocycles. The van der Waals surface area contributed by atoms with Crippen molar-refractivity contribution in [2.75, 3.05) is 18.4 Å². The highest BCUT2D eigenvalue weighted by atomic mass is 32.1. The third kappa shape index (κ3) is 4.17. The summed E-state index contributed by atoms with van der Waals surface area (Å²) in [6.45, 7) is 3.50. The Morgan fingerprint density at radius 1 is 1.06 bits per heavy atom. The molecule has 3 heterocycles. The van der Waals surface area contributed by atoms with Crippen LogP contribution in [0.3, 0.4) is 0 Å². The number of likely N-dealkylation sites (tertiary alicyclic amines) is 1. The maximum absolute atomic E-state index is 13.5. The van der Waals surface area contributed by atoms with E-state index < -0.39 is 0 Å². The summed E-state index contributed by atoms with van der Waals surface area (Å²) in [5.41, 5.74) is 2.89. The highest BCUT2D eigenvalue weighted by Gasteiger charge is 2.29. The summed E-state index contributed by atoms with van der Waals surface area (Å²) >= 11 is 1.45. The molecular formula is C25H26N4O2S. The van der Waals surface area contributed by atoms with Crippen molar-refractivity contribution in [3.63, 3.8) is 0 Å². The van der Waals surface area contributed by atoms with Crippen LogP contribution in [0.5, 0.6) is 0 Å². The Morgan fingerprint density at radius 2 is 1.81 bits per heavy atom. The summed E-state index contributed by atoms with van der Waals surface area (Å²) in [7, 11) is 0. The van der Waals surface area contributed by atoms with Crippen molar-refractivity contribution >= 4 is 28.2 Å². The van der Waals surface area contributed by atoms with Crippen LogP contribution in [-0.4, -0.2) is 39.8 Å². The van der Waals surface area contributed by atoms with Crippen molar-refractivity contribution in [1.82, 2.24) is 14.9 Å². The lowest BCUT2D eigenvalue weighted by atomic mass is 10.0. The molecule has 164 valence electrons. The van der Waals surface area contributed by atoms with E-state index in [-0.39, 0.29) is 11.8 Å². The number of hydrogen-bond acceptors (Lipinski definition) is 5. The first-order chi connectivity index (χ1) is 15.6. The zero-order chi connectivity index (χ0) is 22.1. The van der Waals surface area contributed by atoms with Crippen molar-refractivity contribution < 1.29 is 9.59 Å². The van der Waals surface area contributed by atoms with Gasteiger partial charge in [-0.3, -0.25) is 9.59 Å². The van der Waals surface area contributed by atoms with E-state index in [4.69, 9.17) is 0 Å². The van der Waals surface area contributed by atoms with Gasteiger partial charge < -0.3 is 10.2 Å². The van der Waals surface area contributed by atoms with E-state index in [0.717, 1.165) is 67.0 Å². The molecule has 6 nitrogen and oxygen atoms in total. The maximum Gasteiger partial charge on any atom is 0.275 e. The van der Waals surface area contributed by atoms with Crippen molar-refractivity contribution in [2.45, 2.75) is 44.9 Å². The van der Waals surface area contributed by atoms with Crippen LogP contribution in [0, 0.1) is 6.92 Å². The second kappa shape index (κ2) is 8.82. The molecule has 2 aliphatic rings. The van der Waals surface area contributed by atoms with Gasteiger partial charge in [0.2, 0.25) is 0 Å². The minimum absolute atomic E-state index is 0.00251. The van der Waals surface area contributed by atoms with Gasteiger partial charge in [-0.25, -0.2) is 9.97 Å². The standard InChI is InChI=1S/C25H26N4O2S/c1-16-20(25(31)29-14-6-3-7-15-29)24(32-21(16)17-8-4-2-5-9-17)28-23(30)19-12-13-26-22(27-19)18-10-11-18/h2,4-5,8-9,12-13,18H,3,6-7,10-11,14-15H2,1H3,(H,28,30). The first kappa shape index (κ1) is 20.8. The van der Waals surface area contributed by atoms with Crippen LogP contribution >= 0.6 is 11.3 Å². The lowest BCUT2D eigenvalue weighted by Crippen LogP contribution is -2.36.